The molecule has 1 aliphatic heterocycles. The van der Waals surface area contributed by atoms with Gasteiger partial charge in [0.05, 0.1) is 18.4 Å². The van der Waals surface area contributed by atoms with E-state index in [-0.39, 0.29) is 12.0 Å². The third-order valence-corrected chi connectivity index (χ3v) is 3.39. The van der Waals surface area contributed by atoms with Crippen LogP contribution in [-0.2, 0) is 0 Å². The molecule has 0 radical (unpaired) electrons. The molecule has 0 unspecified atom stereocenters. The fourth-order valence-electron chi connectivity index (χ4n) is 2.40. The molecule has 0 aromatic carbocycles. The molecule has 2 aromatic rings. The van der Waals surface area contributed by atoms with Crippen molar-refractivity contribution in [1.82, 2.24) is 9.88 Å². The van der Waals surface area contributed by atoms with Crippen molar-refractivity contribution in [3.63, 3.8) is 0 Å². The zero-order valence-corrected chi connectivity index (χ0v) is 11.1. The molecular weight excluding hydrogens is 256 g/mol. The average molecular weight is 272 g/mol. The van der Waals surface area contributed by atoms with Gasteiger partial charge in [-0.2, -0.15) is 0 Å². The van der Waals surface area contributed by atoms with Gasteiger partial charge in [0.1, 0.15) is 18.1 Å². The number of ether oxygens (including phenoxy) is 1. The van der Waals surface area contributed by atoms with Gasteiger partial charge >= 0.3 is 0 Å². The minimum atomic E-state index is 0.00165. The number of likely N-dealkylation sites (tertiary alicyclic amines) is 1. The lowest BCUT2D eigenvalue weighted by molar-refractivity contribution is 0.0537. The van der Waals surface area contributed by atoms with E-state index in [0.717, 1.165) is 25.1 Å². The molecule has 5 nitrogen and oxygen atoms in total. The Hall–Kier alpha value is -2.30. The fraction of sp³-hybridized carbons (Fsp3) is 0.333. The Kier molecular flexibility index (Phi) is 3.67. The molecular formula is C15H16N2O3. The van der Waals surface area contributed by atoms with E-state index in [1.165, 1.54) is 12.5 Å². The fourth-order valence-corrected chi connectivity index (χ4v) is 2.40. The SMILES string of the molecule is O=C(c1ccoc1)N1CCC[C@H](Oc2ccncc2)C1. The number of nitrogens with zero attached hydrogens (tertiary/aromatic N) is 2. The number of pyridine rings is 1. The smallest absolute Gasteiger partial charge is 0.257 e. The largest absolute Gasteiger partial charge is 0.488 e. The van der Waals surface area contributed by atoms with Gasteiger partial charge in [-0.3, -0.25) is 9.78 Å². The molecule has 0 N–H and O–H groups in total. The molecule has 1 aliphatic rings. The lowest BCUT2D eigenvalue weighted by atomic mass is 10.1. The molecule has 5 heteroatoms. The van der Waals surface area contributed by atoms with E-state index in [1.54, 1.807) is 18.5 Å². The quantitative estimate of drug-likeness (QED) is 0.860. The van der Waals surface area contributed by atoms with Crippen LogP contribution in [0.5, 0.6) is 5.75 Å². The van der Waals surface area contributed by atoms with Gasteiger partial charge in [0.25, 0.3) is 5.91 Å². The first-order valence-corrected chi connectivity index (χ1v) is 6.71. The summed E-state index contributed by atoms with van der Waals surface area (Å²) in [7, 11) is 0. The van der Waals surface area contributed by atoms with Gasteiger partial charge in [0, 0.05) is 18.9 Å². The topological polar surface area (TPSA) is 55.6 Å². The summed E-state index contributed by atoms with van der Waals surface area (Å²) in [5.74, 6) is 0.796. The van der Waals surface area contributed by atoms with Crippen LogP contribution >= 0.6 is 0 Å². The first-order valence-electron chi connectivity index (χ1n) is 6.71. The van der Waals surface area contributed by atoms with E-state index in [9.17, 15) is 4.79 Å². The Morgan fingerprint density at radius 1 is 1.35 bits per heavy atom. The molecule has 0 saturated carbocycles. The van der Waals surface area contributed by atoms with Crippen LogP contribution in [0.4, 0.5) is 0 Å². The minimum Gasteiger partial charge on any atom is -0.488 e. The van der Waals surface area contributed by atoms with Crippen molar-refractivity contribution in [1.29, 1.82) is 0 Å². The Morgan fingerprint density at radius 3 is 2.95 bits per heavy atom. The Balaban J connectivity index is 1.63. The third kappa shape index (κ3) is 2.82. The van der Waals surface area contributed by atoms with Gasteiger partial charge in [-0.15, -0.1) is 0 Å². The van der Waals surface area contributed by atoms with E-state index in [4.69, 9.17) is 9.15 Å². The number of rotatable bonds is 3. The van der Waals surface area contributed by atoms with E-state index in [1.807, 2.05) is 17.0 Å². The maximum Gasteiger partial charge on any atom is 0.257 e. The molecule has 1 saturated heterocycles. The van der Waals surface area contributed by atoms with Gasteiger partial charge in [0.15, 0.2) is 0 Å². The van der Waals surface area contributed by atoms with Gasteiger partial charge < -0.3 is 14.1 Å². The number of carbonyl (C=O) groups excluding carboxylic acids is 1. The molecule has 1 amide bonds. The Morgan fingerprint density at radius 2 is 2.20 bits per heavy atom. The van der Waals surface area contributed by atoms with Crippen molar-refractivity contribution in [3.8, 4) is 5.75 Å². The van der Waals surface area contributed by atoms with Gasteiger partial charge in [-0.1, -0.05) is 0 Å². The van der Waals surface area contributed by atoms with Crippen LogP contribution in [0, 0.1) is 0 Å². The molecule has 3 heterocycles. The predicted octanol–water partition coefficient (Wildman–Crippen LogP) is 2.36. The maximum absolute atomic E-state index is 12.3. The highest BCUT2D eigenvalue weighted by molar-refractivity contribution is 5.93. The summed E-state index contributed by atoms with van der Waals surface area (Å²) in [6.07, 6.45) is 8.33. The second kappa shape index (κ2) is 5.77. The van der Waals surface area contributed by atoms with Crippen molar-refractivity contribution in [2.75, 3.05) is 13.1 Å². The van der Waals surface area contributed by atoms with Crippen LogP contribution in [0.1, 0.15) is 23.2 Å². The number of carbonyl (C=O) groups is 1. The van der Waals surface area contributed by atoms with Crippen LogP contribution in [0.3, 0.4) is 0 Å². The number of piperidine rings is 1. The molecule has 20 heavy (non-hydrogen) atoms. The summed E-state index contributed by atoms with van der Waals surface area (Å²) in [6.45, 7) is 1.37. The van der Waals surface area contributed by atoms with E-state index >= 15 is 0 Å². The first kappa shape index (κ1) is 12.7. The lowest BCUT2D eigenvalue weighted by Gasteiger charge is -2.32. The van der Waals surface area contributed by atoms with Crippen LogP contribution in [0.25, 0.3) is 0 Å². The number of hydrogen-bond acceptors (Lipinski definition) is 4. The van der Waals surface area contributed by atoms with Crippen molar-refractivity contribution >= 4 is 5.91 Å². The van der Waals surface area contributed by atoms with Gasteiger partial charge in [-0.05, 0) is 31.0 Å². The van der Waals surface area contributed by atoms with Crippen LogP contribution in [0.15, 0.2) is 47.5 Å². The highest BCUT2D eigenvalue weighted by Gasteiger charge is 2.26. The molecule has 0 aliphatic carbocycles. The van der Waals surface area contributed by atoms with Crippen LogP contribution < -0.4 is 4.74 Å². The van der Waals surface area contributed by atoms with E-state index < -0.39 is 0 Å². The number of hydrogen-bond donors (Lipinski definition) is 0. The summed E-state index contributed by atoms with van der Waals surface area (Å²) in [4.78, 5) is 18.0. The van der Waals surface area contributed by atoms with E-state index in [2.05, 4.69) is 4.98 Å². The van der Waals surface area contributed by atoms with Crippen molar-refractivity contribution in [2.45, 2.75) is 18.9 Å². The zero-order chi connectivity index (χ0) is 13.8. The average Bonchev–Trinajstić information content (AvgIpc) is 3.02. The number of amides is 1. The summed E-state index contributed by atoms with van der Waals surface area (Å²) < 4.78 is 10.9. The minimum absolute atomic E-state index is 0.00165. The highest BCUT2D eigenvalue weighted by atomic mass is 16.5. The Bertz CT molecular complexity index is 554. The summed E-state index contributed by atoms with van der Waals surface area (Å²) in [6, 6.07) is 5.35. The second-order valence-electron chi connectivity index (χ2n) is 4.83. The summed E-state index contributed by atoms with van der Waals surface area (Å²) in [5.41, 5.74) is 0.592. The molecule has 1 atom stereocenters. The van der Waals surface area contributed by atoms with Crippen molar-refractivity contribution in [3.05, 3.63) is 48.7 Å². The first-order chi connectivity index (χ1) is 9.83. The standard InChI is InChI=1S/C15H16N2O3/c18-15(12-5-9-19-11-12)17-8-1-2-14(10-17)20-13-3-6-16-7-4-13/h3-7,9,11,14H,1-2,8,10H2/t14-/m0/s1. The molecule has 2 aromatic heterocycles. The van der Waals surface area contributed by atoms with Crippen molar-refractivity contribution < 1.29 is 13.9 Å². The maximum atomic E-state index is 12.3. The zero-order valence-electron chi connectivity index (χ0n) is 11.1. The van der Waals surface area contributed by atoms with Crippen LogP contribution in [-0.4, -0.2) is 35.0 Å². The molecule has 3 rings (SSSR count). The summed E-state index contributed by atoms with van der Waals surface area (Å²) >= 11 is 0. The highest BCUT2D eigenvalue weighted by Crippen LogP contribution is 2.19. The predicted molar refractivity (Wildman–Crippen MR) is 72.5 cm³/mol. The summed E-state index contributed by atoms with van der Waals surface area (Å²) in [5, 5.41) is 0. The Labute approximate surface area is 117 Å². The van der Waals surface area contributed by atoms with Crippen LogP contribution in [0.2, 0.25) is 0 Å². The molecule has 0 bridgehead atoms. The second-order valence-corrected chi connectivity index (χ2v) is 4.83. The number of furan rings is 1. The third-order valence-electron chi connectivity index (χ3n) is 3.39. The lowest BCUT2D eigenvalue weighted by Crippen LogP contribution is -2.44. The van der Waals surface area contributed by atoms with Gasteiger partial charge in [-0.25, -0.2) is 0 Å². The van der Waals surface area contributed by atoms with E-state index in [0.29, 0.717) is 12.1 Å². The molecule has 0 spiro atoms. The monoisotopic (exact) mass is 272 g/mol. The normalized spacial score (nSPS) is 18.8. The van der Waals surface area contributed by atoms with Crippen molar-refractivity contribution in [2.24, 2.45) is 0 Å². The molecule has 1 fully saturated rings. The molecule has 104 valence electrons. The van der Waals surface area contributed by atoms with Gasteiger partial charge in [0.2, 0.25) is 0 Å². The number of aromatic nitrogens is 1.